The molecule has 0 saturated heterocycles. The fraction of sp³-hybridized carbons (Fsp3) is 0.375. The first kappa shape index (κ1) is 12.7. The van der Waals surface area contributed by atoms with Gasteiger partial charge in [-0.3, -0.25) is 0 Å². The van der Waals surface area contributed by atoms with E-state index in [9.17, 15) is 0 Å². The van der Waals surface area contributed by atoms with Crippen LogP contribution < -0.4 is 4.74 Å². The first-order valence-corrected chi connectivity index (χ1v) is 6.92. The number of benzene rings is 1. The summed E-state index contributed by atoms with van der Waals surface area (Å²) < 4.78 is 7.74. The van der Waals surface area contributed by atoms with Crippen molar-refractivity contribution in [1.82, 2.24) is 9.55 Å². The van der Waals surface area contributed by atoms with Crippen molar-refractivity contribution >= 4 is 0 Å². The fourth-order valence-corrected chi connectivity index (χ4v) is 2.95. The number of rotatable bonds is 2. The van der Waals surface area contributed by atoms with Crippen LogP contribution in [0.25, 0.3) is 0 Å². The lowest BCUT2D eigenvalue weighted by Gasteiger charge is -2.21. The summed E-state index contributed by atoms with van der Waals surface area (Å²) in [5.41, 5.74) is 3.04. The monoisotopic (exact) mass is 267 g/mol. The Morgan fingerprint density at radius 1 is 1.40 bits per heavy atom. The molecule has 2 aromatic rings. The Morgan fingerprint density at radius 3 is 3.10 bits per heavy atom. The molecule has 0 N–H and O–H groups in total. The molecule has 20 heavy (non-hydrogen) atoms. The Bertz CT molecular complexity index is 654. The molecule has 1 aromatic heterocycles. The van der Waals surface area contributed by atoms with Crippen molar-refractivity contribution in [3.8, 4) is 11.8 Å². The molecule has 0 saturated carbocycles. The number of hydrogen-bond acceptors (Lipinski definition) is 3. The molecule has 0 fully saturated rings. The molecule has 0 aliphatic carbocycles. The first-order valence-electron chi connectivity index (χ1n) is 6.92. The molecule has 0 bridgehead atoms. The molecule has 0 unspecified atom stereocenters. The molecular formula is C16H17N3O. The maximum absolute atomic E-state index is 9.01. The minimum atomic E-state index is 0.248. The average molecular weight is 267 g/mol. The summed E-state index contributed by atoms with van der Waals surface area (Å²) in [6.45, 7) is 0. The van der Waals surface area contributed by atoms with Crippen molar-refractivity contribution in [3.05, 3.63) is 47.5 Å². The minimum absolute atomic E-state index is 0.248. The van der Waals surface area contributed by atoms with Crippen LogP contribution in [-0.2, 0) is 6.42 Å². The lowest BCUT2D eigenvalue weighted by molar-refractivity contribution is 0.397. The highest BCUT2D eigenvalue weighted by Crippen LogP contribution is 2.35. The smallest absolute Gasteiger partial charge is 0.125 e. The van der Waals surface area contributed by atoms with Crippen LogP contribution in [0.3, 0.4) is 0 Å². The molecule has 1 atom stereocenters. The number of hydrogen-bond donors (Lipinski definition) is 0. The second-order valence-electron chi connectivity index (χ2n) is 5.12. The van der Waals surface area contributed by atoms with Crippen molar-refractivity contribution in [2.24, 2.45) is 0 Å². The van der Waals surface area contributed by atoms with Crippen LogP contribution in [-0.4, -0.2) is 16.7 Å². The second-order valence-corrected chi connectivity index (χ2v) is 5.12. The highest BCUT2D eigenvalue weighted by molar-refractivity contribution is 5.44. The quantitative estimate of drug-likeness (QED) is 0.840. The molecule has 1 aliphatic heterocycles. The van der Waals surface area contributed by atoms with E-state index in [1.54, 1.807) is 7.11 Å². The van der Waals surface area contributed by atoms with Gasteiger partial charge in [-0.05, 0) is 31.4 Å². The van der Waals surface area contributed by atoms with E-state index in [0.29, 0.717) is 5.56 Å². The Morgan fingerprint density at radius 2 is 2.30 bits per heavy atom. The molecule has 4 heteroatoms. The zero-order valence-corrected chi connectivity index (χ0v) is 11.5. The van der Waals surface area contributed by atoms with Gasteiger partial charge in [0.1, 0.15) is 5.75 Å². The van der Waals surface area contributed by atoms with Gasteiger partial charge >= 0.3 is 0 Å². The van der Waals surface area contributed by atoms with E-state index < -0.39 is 0 Å². The number of ether oxygens (including phenoxy) is 1. The third-order valence-electron chi connectivity index (χ3n) is 3.96. The normalized spacial score (nSPS) is 17.9. The Hall–Kier alpha value is -2.28. The Labute approximate surface area is 118 Å². The molecule has 4 nitrogen and oxygen atoms in total. The summed E-state index contributed by atoms with van der Waals surface area (Å²) in [6, 6.07) is 8.09. The summed E-state index contributed by atoms with van der Waals surface area (Å²) in [7, 11) is 1.66. The van der Waals surface area contributed by atoms with Gasteiger partial charge in [0.25, 0.3) is 0 Å². The number of imidazole rings is 1. The van der Waals surface area contributed by atoms with Crippen molar-refractivity contribution in [2.75, 3.05) is 7.11 Å². The highest BCUT2D eigenvalue weighted by atomic mass is 16.5. The van der Waals surface area contributed by atoms with Crippen LogP contribution in [0.4, 0.5) is 0 Å². The summed E-state index contributed by atoms with van der Waals surface area (Å²) >= 11 is 0. The SMILES string of the molecule is COc1cc(C#N)ccc1[C@H]1CCCCc2cncn21. The van der Waals surface area contributed by atoms with Crippen LogP contribution in [0.15, 0.2) is 30.7 Å². The molecule has 1 aromatic carbocycles. The Balaban J connectivity index is 2.07. The van der Waals surface area contributed by atoms with Crippen molar-refractivity contribution in [2.45, 2.75) is 31.7 Å². The maximum atomic E-state index is 9.01. The van der Waals surface area contributed by atoms with E-state index in [4.69, 9.17) is 10.00 Å². The van der Waals surface area contributed by atoms with E-state index in [1.165, 1.54) is 18.5 Å². The molecule has 0 spiro atoms. The minimum Gasteiger partial charge on any atom is -0.496 e. The molecule has 0 radical (unpaired) electrons. The van der Waals surface area contributed by atoms with Gasteiger partial charge in [0.2, 0.25) is 0 Å². The van der Waals surface area contributed by atoms with E-state index in [-0.39, 0.29) is 6.04 Å². The average Bonchev–Trinajstić information content (AvgIpc) is 2.87. The zero-order chi connectivity index (χ0) is 13.9. The summed E-state index contributed by atoms with van der Waals surface area (Å²) in [5, 5.41) is 9.01. The molecule has 102 valence electrons. The summed E-state index contributed by atoms with van der Waals surface area (Å²) in [5.74, 6) is 0.788. The maximum Gasteiger partial charge on any atom is 0.125 e. The Kier molecular flexibility index (Phi) is 3.42. The number of nitrogens with zero attached hydrogens (tertiary/aromatic N) is 3. The van der Waals surface area contributed by atoms with Crippen LogP contribution in [0.1, 0.15) is 42.1 Å². The largest absolute Gasteiger partial charge is 0.496 e. The van der Waals surface area contributed by atoms with Crippen LogP contribution in [0.5, 0.6) is 5.75 Å². The molecule has 2 heterocycles. The van der Waals surface area contributed by atoms with Crippen LogP contribution in [0.2, 0.25) is 0 Å². The third-order valence-corrected chi connectivity index (χ3v) is 3.96. The van der Waals surface area contributed by atoms with Gasteiger partial charge in [-0.2, -0.15) is 5.26 Å². The lowest BCUT2D eigenvalue weighted by Crippen LogP contribution is -2.11. The number of methoxy groups -OCH3 is 1. The first-order chi connectivity index (χ1) is 9.83. The molecule has 0 amide bonds. The van der Waals surface area contributed by atoms with Gasteiger partial charge in [0.05, 0.1) is 31.1 Å². The lowest BCUT2D eigenvalue weighted by atomic mass is 9.99. The fourth-order valence-electron chi connectivity index (χ4n) is 2.95. The number of nitriles is 1. The van der Waals surface area contributed by atoms with Gasteiger partial charge in [0.15, 0.2) is 0 Å². The van der Waals surface area contributed by atoms with Gasteiger partial charge in [0, 0.05) is 17.5 Å². The highest BCUT2D eigenvalue weighted by Gasteiger charge is 2.22. The predicted octanol–water partition coefficient (Wildman–Crippen LogP) is 3.08. The summed E-state index contributed by atoms with van der Waals surface area (Å²) in [4.78, 5) is 4.28. The second kappa shape index (κ2) is 5.38. The van der Waals surface area contributed by atoms with E-state index >= 15 is 0 Å². The van der Waals surface area contributed by atoms with E-state index in [0.717, 1.165) is 24.2 Å². The standard InChI is InChI=1S/C16H17N3O/c1-20-16-8-12(9-17)6-7-14(16)15-5-3-2-4-13-10-18-11-19(13)15/h6-8,10-11,15H,2-5H2,1H3/t15-/m1/s1. The van der Waals surface area contributed by atoms with Crippen LogP contribution >= 0.6 is 0 Å². The predicted molar refractivity (Wildman–Crippen MR) is 75.6 cm³/mol. The van der Waals surface area contributed by atoms with Gasteiger partial charge in [-0.1, -0.05) is 12.5 Å². The number of aryl methyl sites for hydroxylation is 1. The molecular weight excluding hydrogens is 250 g/mol. The van der Waals surface area contributed by atoms with Crippen molar-refractivity contribution in [1.29, 1.82) is 5.26 Å². The number of aromatic nitrogens is 2. The van der Waals surface area contributed by atoms with Crippen LogP contribution in [0, 0.1) is 11.3 Å². The summed E-state index contributed by atoms with van der Waals surface area (Å²) in [6.07, 6.45) is 8.40. The topological polar surface area (TPSA) is 50.8 Å². The molecule has 1 aliphatic rings. The number of fused-ring (bicyclic) bond motifs is 1. The zero-order valence-electron chi connectivity index (χ0n) is 11.5. The van der Waals surface area contributed by atoms with Crippen molar-refractivity contribution < 1.29 is 4.74 Å². The molecule has 3 rings (SSSR count). The third kappa shape index (κ3) is 2.16. The van der Waals surface area contributed by atoms with Gasteiger partial charge in [-0.15, -0.1) is 0 Å². The van der Waals surface area contributed by atoms with Crippen molar-refractivity contribution in [3.63, 3.8) is 0 Å². The van der Waals surface area contributed by atoms with E-state index in [1.807, 2.05) is 30.7 Å². The van der Waals surface area contributed by atoms with E-state index in [2.05, 4.69) is 15.6 Å². The van der Waals surface area contributed by atoms with Gasteiger partial charge in [-0.25, -0.2) is 4.98 Å². The van der Waals surface area contributed by atoms with Gasteiger partial charge < -0.3 is 9.30 Å².